The van der Waals surface area contributed by atoms with Crippen LogP contribution in [0.1, 0.15) is 29.7 Å². The molecule has 1 unspecified atom stereocenters. The van der Waals surface area contributed by atoms with Crippen molar-refractivity contribution in [2.75, 3.05) is 7.11 Å². The highest BCUT2D eigenvalue weighted by atomic mass is 35.5. The quantitative estimate of drug-likeness (QED) is 0.298. The molecule has 0 N–H and O–H groups in total. The number of carbonyl (C=O) groups excluding carboxylic acids is 1. The zero-order chi connectivity index (χ0) is 26.8. The van der Waals surface area contributed by atoms with Crippen molar-refractivity contribution in [1.82, 2.24) is 4.57 Å². The lowest BCUT2D eigenvalue weighted by molar-refractivity contribution is -0.136. The summed E-state index contributed by atoms with van der Waals surface area (Å²) in [5, 5.41) is 0.931. The number of allylic oxidation sites excluding steroid dienone is 1. The first kappa shape index (κ1) is 26.0. The van der Waals surface area contributed by atoms with E-state index >= 15 is 0 Å². The Balaban J connectivity index is 1.57. The number of esters is 1. The molecule has 38 heavy (non-hydrogen) atoms. The fourth-order valence-electron chi connectivity index (χ4n) is 4.26. The fraction of sp³-hybridized carbons (Fsp3) is 0.138. The highest BCUT2D eigenvalue weighted by molar-refractivity contribution is 7.07. The van der Waals surface area contributed by atoms with E-state index in [0.717, 1.165) is 11.1 Å². The van der Waals surface area contributed by atoms with Gasteiger partial charge >= 0.3 is 5.97 Å². The van der Waals surface area contributed by atoms with E-state index in [0.29, 0.717) is 48.6 Å². The number of carbonyl (C=O) groups is 1. The Morgan fingerprint density at radius 3 is 2.50 bits per heavy atom. The monoisotopic (exact) mass is 564 g/mol. The largest absolute Gasteiger partial charge is 0.489 e. The van der Waals surface area contributed by atoms with E-state index in [-0.39, 0.29) is 5.56 Å². The number of benzene rings is 3. The van der Waals surface area contributed by atoms with Crippen LogP contribution in [-0.2, 0) is 16.1 Å². The van der Waals surface area contributed by atoms with Gasteiger partial charge in [0.2, 0.25) is 0 Å². The van der Waals surface area contributed by atoms with Crippen LogP contribution in [0.15, 0.2) is 93.9 Å². The Kier molecular flexibility index (Phi) is 7.51. The zero-order valence-electron chi connectivity index (χ0n) is 20.5. The molecule has 9 heteroatoms. The van der Waals surface area contributed by atoms with Gasteiger partial charge in [0.25, 0.3) is 5.56 Å². The maximum atomic E-state index is 13.7. The minimum absolute atomic E-state index is 0.289. The second-order valence-electron chi connectivity index (χ2n) is 8.58. The molecule has 0 amide bonds. The predicted molar refractivity (Wildman–Crippen MR) is 149 cm³/mol. The van der Waals surface area contributed by atoms with Crippen molar-refractivity contribution in [2.45, 2.75) is 19.6 Å². The summed E-state index contributed by atoms with van der Waals surface area (Å²) in [5.74, 6) is 0.124. The molecule has 3 aromatic carbocycles. The summed E-state index contributed by atoms with van der Waals surface area (Å²) >= 11 is 13.6. The molecule has 2 heterocycles. The lowest BCUT2D eigenvalue weighted by Crippen LogP contribution is -2.39. The number of halogens is 2. The second kappa shape index (κ2) is 11.0. The normalized spacial score (nSPS) is 15.2. The van der Waals surface area contributed by atoms with Crippen molar-refractivity contribution in [3.8, 4) is 5.75 Å². The molecule has 6 nitrogen and oxygen atoms in total. The van der Waals surface area contributed by atoms with Crippen LogP contribution in [0.2, 0.25) is 10.0 Å². The van der Waals surface area contributed by atoms with Crippen LogP contribution in [0.5, 0.6) is 5.75 Å². The van der Waals surface area contributed by atoms with Gasteiger partial charge in [-0.1, -0.05) is 83.1 Å². The zero-order valence-corrected chi connectivity index (χ0v) is 22.8. The van der Waals surface area contributed by atoms with Crippen LogP contribution in [0.3, 0.4) is 0 Å². The van der Waals surface area contributed by atoms with Crippen LogP contribution in [0.4, 0.5) is 0 Å². The molecule has 192 valence electrons. The van der Waals surface area contributed by atoms with E-state index in [2.05, 4.69) is 4.99 Å². The smallest absolute Gasteiger partial charge is 0.338 e. The molecule has 0 aliphatic carbocycles. The van der Waals surface area contributed by atoms with Gasteiger partial charge in [-0.2, -0.15) is 0 Å². The molecule has 0 saturated carbocycles. The first-order chi connectivity index (χ1) is 18.4. The number of nitrogens with zero attached hydrogens (tertiary/aromatic N) is 2. The van der Waals surface area contributed by atoms with Crippen molar-refractivity contribution in [3.05, 3.63) is 130 Å². The maximum Gasteiger partial charge on any atom is 0.338 e. The van der Waals surface area contributed by atoms with Gasteiger partial charge in [0, 0.05) is 10.0 Å². The van der Waals surface area contributed by atoms with Gasteiger partial charge in [-0.3, -0.25) is 9.36 Å². The first-order valence-corrected chi connectivity index (χ1v) is 13.3. The van der Waals surface area contributed by atoms with Crippen LogP contribution < -0.4 is 19.6 Å². The van der Waals surface area contributed by atoms with E-state index in [9.17, 15) is 9.59 Å². The van der Waals surface area contributed by atoms with Crippen LogP contribution in [-0.4, -0.2) is 17.6 Å². The van der Waals surface area contributed by atoms with Crippen LogP contribution in [0, 0.1) is 0 Å². The third kappa shape index (κ3) is 5.18. The van der Waals surface area contributed by atoms with E-state index in [1.165, 1.54) is 23.0 Å². The van der Waals surface area contributed by atoms with Gasteiger partial charge in [-0.05, 0) is 54.0 Å². The third-order valence-corrected chi connectivity index (χ3v) is 7.67. The standard InChI is InChI=1S/C29H22Cl2N2O4S/c1-17-25(28(35)36-2)26(19-9-12-22(13-10-19)37-16-18-6-4-3-5-7-18)33-27(34)24(38-29(33)32-17)14-20-8-11-21(30)15-23(20)31/h3-15,26H,16H2,1-2H3. The summed E-state index contributed by atoms with van der Waals surface area (Å²) in [7, 11) is 1.31. The molecular weight excluding hydrogens is 543 g/mol. The molecule has 0 fully saturated rings. The molecule has 1 aliphatic rings. The highest BCUT2D eigenvalue weighted by Gasteiger charge is 2.33. The SMILES string of the molecule is COC(=O)C1=C(C)N=c2sc(=Cc3ccc(Cl)cc3Cl)c(=O)n2C1c1ccc(OCc2ccccc2)cc1. The van der Waals surface area contributed by atoms with E-state index in [4.69, 9.17) is 32.7 Å². The molecule has 5 rings (SSSR count). The lowest BCUT2D eigenvalue weighted by Gasteiger charge is -2.24. The Hall–Kier alpha value is -3.65. The minimum atomic E-state index is -0.718. The number of ether oxygens (including phenoxy) is 2. The van der Waals surface area contributed by atoms with E-state index < -0.39 is 12.0 Å². The van der Waals surface area contributed by atoms with Crippen LogP contribution in [0.25, 0.3) is 6.08 Å². The van der Waals surface area contributed by atoms with Crippen molar-refractivity contribution in [1.29, 1.82) is 0 Å². The Bertz CT molecular complexity index is 1730. The van der Waals surface area contributed by atoms with Gasteiger partial charge in [-0.15, -0.1) is 0 Å². The number of methoxy groups -OCH3 is 1. The minimum Gasteiger partial charge on any atom is -0.489 e. The molecule has 0 radical (unpaired) electrons. The fourth-order valence-corrected chi connectivity index (χ4v) is 5.76. The summed E-state index contributed by atoms with van der Waals surface area (Å²) in [4.78, 5) is 31.6. The molecule has 4 aromatic rings. The summed E-state index contributed by atoms with van der Waals surface area (Å²) in [6.45, 7) is 2.17. The number of aromatic nitrogens is 1. The summed E-state index contributed by atoms with van der Waals surface area (Å²) in [5.41, 5.74) is 2.93. The van der Waals surface area contributed by atoms with E-state index in [1.54, 1.807) is 31.2 Å². The lowest BCUT2D eigenvalue weighted by atomic mass is 9.96. The Morgan fingerprint density at radius 1 is 1.08 bits per heavy atom. The van der Waals surface area contributed by atoms with Crippen molar-refractivity contribution in [2.24, 2.45) is 4.99 Å². The molecule has 1 aliphatic heterocycles. The van der Waals surface area contributed by atoms with Crippen LogP contribution >= 0.6 is 34.5 Å². The molecule has 1 atom stereocenters. The number of thiazole rings is 1. The van der Waals surface area contributed by atoms with Crippen molar-refractivity contribution >= 4 is 46.6 Å². The Morgan fingerprint density at radius 2 is 1.82 bits per heavy atom. The average molecular weight is 565 g/mol. The Labute approximate surface area is 232 Å². The first-order valence-electron chi connectivity index (χ1n) is 11.7. The van der Waals surface area contributed by atoms with Crippen molar-refractivity contribution < 1.29 is 14.3 Å². The maximum absolute atomic E-state index is 13.7. The third-order valence-electron chi connectivity index (χ3n) is 6.12. The highest BCUT2D eigenvalue weighted by Crippen LogP contribution is 2.31. The summed E-state index contributed by atoms with van der Waals surface area (Å²) in [6, 6.07) is 21.6. The second-order valence-corrected chi connectivity index (χ2v) is 10.4. The molecular formula is C29H22Cl2N2O4S. The van der Waals surface area contributed by atoms with Crippen molar-refractivity contribution in [3.63, 3.8) is 0 Å². The summed E-state index contributed by atoms with van der Waals surface area (Å²) in [6.07, 6.45) is 1.71. The number of rotatable bonds is 6. The summed E-state index contributed by atoms with van der Waals surface area (Å²) < 4.78 is 13.0. The number of fused-ring (bicyclic) bond motifs is 1. The van der Waals surface area contributed by atoms with Gasteiger partial charge < -0.3 is 9.47 Å². The topological polar surface area (TPSA) is 69.9 Å². The average Bonchev–Trinajstić information content (AvgIpc) is 3.23. The predicted octanol–water partition coefficient (Wildman–Crippen LogP) is 5.29. The van der Waals surface area contributed by atoms with Gasteiger partial charge in [-0.25, -0.2) is 9.79 Å². The number of hydrogen-bond donors (Lipinski definition) is 0. The van der Waals surface area contributed by atoms with E-state index in [1.807, 2.05) is 54.6 Å². The van der Waals surface area contributed by atoms with Gasteiger partial charge in [0.1, 0.15) is 12.4 Å². The molecule has 1 aromatic heterocycles. The van der Waals surface area contributed by atoms with Gasteiger partial charge in [0.05, 0.1) is 29.0 Å². The van der Waals surface area contributed by atoms with Gasteiger partial charge in [0.15, 0.2) is 4.80 Å². The molecule has 0 spiro atoms. The molecule has 0 bridgehead atoms. The number of hydrogen-bond acceptors (Lipinski definition) is 6. The molecule has 0 saturated heterocycles.